The standard InChI is InChI=1S/C26H41NO8/c1-14(8-10-17-15(2)18(29)12-19(30)23(17)25(32)34-7)9-11-22-26(4,5)21(31)13-20(35-22)24(33-6)27-16(3)28/h12,14,20-22,24,29-31H,8-11,13H2,1-7H3,(H,27,28)/t14-,20+,21+,22+,24+/m0/s1. The Balaban J connectivity index is 2.08. The predicted octanol–water partition coefficient (Wildman–Crippen LogP) is 3.19. The number of ether oxygens (including phenoxy) is 3. The summed E-state index contributed by atoms with van der Waals surface area (Å²) in [6, 6.07) is 1.16. The molecule has 1 fully saturated rings. The zero-order chi connectivity index (χ0) is 26.5. The van der Waals surface area contributed by atoms with E-state index < -0.39 is 29.8 Å². The third-order valence-corrected chi connectivity index (χ3v) is 7.29. The van der Waals surface area contributed by atoms with Gasteiger partial charge in [-0.1, -0.05) is 20.8 Å². The number of hydrogen-bond donors (Lipinski definition) is 4. The lowest BCUT2D eigenvalue weighted by Crippen LogP contribution is -2.56. The number of benzene rings is 1. The number of nitrogens with one attached hydrogen (secondary N) is 1. The number of rotatable bonds is 10. The van der Waals surface area contributed by atoms with E-state index in [4.69, 9.17) is 14.2 Å². The van der Waals surface area contributed by atoms with E-state index in [2.05, 4.69) is 12.2 Å². The van der Waals surface area contributed by atoms with Crippen LogP contribution in [0, 0.1) is 18.3 Å². The van der Waals surface area contributed by atoms with Gasteiger partial charge in [0.05, 0.1) is 19.3 Å². The molecule has 9 nitrogen and oxygen atoms in total. The molecular formula is C26H41NO8. The molecule has 0 spiro atoms. The fraction of sp³-hybridized carbons (Fsp3) is 0.692. The molecule has 0 unspecified atom stereocenters. The first-order chi connectivity index (χ1) is 16.3. The number of amides is 1. The van der Waals surface area contributed by atoms with Gasteiger partial charge in [-0.3, -0.25) is 4.79 Å². The fourth-order valence-corrected chi connectivity index (χ4v) is 4.74. The van der Waals surface area contributed by atoms with Crippen LogP contribution < -0.4 is 5.32 Å². The molecule has 1 aromatic carbocycles. The van der Waals surface area contributed by atoms with Crippen molar-refractivity contribution in [2.24, 2.45) is 11.3 Å². The summed E-state index contributed by atoms with van der Waals surface area (Å²) in [4.78, 5) is 23.8. The van der Waals surface area contributed by atoms with Gasteiger partial charge < -0.3 is 34.8 Å². The lowest BCUT2D eigenvalue weighted by Gasteiger charge is -2.47. The van der Waals surface area contributed by atoms with E-state index >= 15 is 0 Å². The normalized spacial score (nSPS) is 23.4. The van der Waals surface area contributed by atoms with Crippen molar-refractivity contribution in [2.45, 2.75) is 91.3 Å². The van der Waals surface area contributed by atoms with Crippen LogP contribution in [0.2, 0.25) is 0 Å². The second kappa shape index (κ2) is 12.1. The van der Waals surface area contributed by atoms with E-state index in [-0.39, 0.29) is 35.0 Å². The number of esters is 1. The highest BCUT2D eigenvalue weighted by Crippen LogP contribution is 2.40. The predicted molar refractivity (Wildman–Crippen MR) is 130 cm³/mol. The third kappa shape index (κ3) is 6.86. The molecular weight excluding hydrogens is 454 g/mol. The Kier molecular flexibility index (Phi) is 9.94. The molecule has 0 aromatic heterocycles. The summed E-state index contributed by atoms with van der Waals surface area (Å²) < 4.78 is 16.6. The van der Waals surface area contributed by atoms with E-state index in [9.17, 15) is 24.9 Å². The molecule has 35 heavy (non-hydrogen) atoms. The molecule has 1 aliphatic rings. The van der Waals surface area contributed by atoms with Crippen molar-refractivity contribution in [3.63, 3.8) is 0 Å². The number of aliphatic hydroxyl groups excluding tert-OH is 1. The number of phenols is 2. The Labute approximate surface area is 207 Å². The van der Waals surface area contributed by atoms with Crippen LogP contribution in [0.1, 0.15) is 74.9 Å². The lowest BCUT2D eigenvalue weighted by molar-refractivity contribution is -0.209. The highest BCUT2D eigenvalue weighted by Gasteiger charge is 2.46. The summed E-state index contributed by atoms with van der Waals surface area (Å²) in [6.07, 6.45) is 1.05. The number of aromatic hydroxyl groups is 2. The lowest BCUT2D eigenvalue weighted by atomic mass is 9.73. The second-order valence-electron chi connectivity index (χ2n) is 10.2. The topological polar surface area (TPSA) is 135 Å². The highest BCUT2D eigenvalue weighted by atomic mass is 16.6. The van der Waals surface area contributed by atoms with Crippen molar-refractivity contribution in [3.8, 4) is 11.5 Å². The minimum atomic E-state index is -0.642. The quantitative estimate of drug-likeness (QED) is 0.287. The van der Waals surface area contributed by atoms with Crippen molar-refractivity contribution >= 4 is 11.9 Å². The molecule has 0 bridgehead atoms. The van der Waals surface area contributed by atoms with Crippen molar-refractivity contribution in [2.75, 3.05) is 14.2 Å². The Morgan fingerprint density at radius 3 is 2.46 bits per heavy atom. The van der Waals surface area contributed by atoms with Gasteiger partial charge in [0.15, 0.2) is 6.23 Å². The molecule has 1 aromatic rings. The van der Waals surface area contributed by atoms with E-state index in [1.165, 1.54) is 21.1 Å². The van der Waals surface area contributed by atoms with Crippen LogP contribution in [-0.2, 0) is 25.4 Å². The van der Waals surface area contributed by atoms with Crippen LogP contribution >= 0.6 is 0 Å². The van der Waals surface area contributed by atoms with Crippen LogP contribution in [0.5, 0.6) is 11.5 Å². The summed E-state index contributed by atoms with van der Waals surface area (Å²) in [5.41, 5.74) is 0.725. The zero-order valence-corrected chi connectivity index (χ0v) is 21.9. The number of methoxy groups -OCH3 is 2. The first-order valence-electron chi connectivity index (χ1n) is 12.1. The first kappa shape index (κ1) is 28.9. The number of phenolic OH excluding ortho intramolecular Hbond substituents is 2. The SMILES string of the molecule is COC(=O)c1c(O)cc(O)c(C)c1CC[C@H](C)CC[C@H]1O[C@@H]([C@H](NC(C)=O)OC)C[C@@H](O)C1(C)C. The summed E-state index contributed by atoms with van der Waals surface area (Å²) in [5.74, 6) is -1.01. The van der Waals surface area contributed by atoms with Gasteiger partial charge in [-0.2, -0.15) is 0 Å². The van der Waals surface area contributed by atoms with Crippen LogP contribution in [-0.4, -0.2) is 66.0 Å². The summed E-state index contributed by atoms with van der Waals surface area (Å²) >= 11 is 0. The molecule has 0 radical (unpaired) electrons. The van der Waals surface area contributed by atoms with Crippen LogP contribution in [0.15, 0.2) is 6.07 Å². The number of carbonyl (C=O) groups excluding carboxylic acids is 2. The smallest absolute Gasteiger partial charge is 0.341 e. The molecule has 2 rings (SSSR count). The number of hydrogen-bond acceptors (Lipinski definition) is 8. The summed E-state index contributed by atoms with van der Waals surface area (Å²) in [5, 5.41) is 33.9. The molecule has 0 aliphatic carbocycles. The fourth-order valence-electron chi connectivity index (χ4n) is 4.74. The van der Waals surface area contributed by atoms with E-state index in [0.717, 1.165) is 12.5 Å². The Hall–Kier alpha value is -2.36. The Morgan fingerprint density at radius 2 is 1.89 bits per heavy atom. The zero-order valence-electron chi connectivity index (χ0n) is 21.9. The van der Waals surface area contributed by atoms with Gasteiger partial charge in [-0.05, 0) is 49.7 Å². The molecule has 4 N–H and O–H groups in total. The maximum absolute atomic E-state index is 12.2. The molecule has 1 aliphatic heterocycles. The van der Waals surface area contributed by atoms with Crippen LogP contribution in [0.25, 0.3) is 0 Å². The Bertz CT molecular complexity index is 900. The molecule has 0 saturated carbocycles. The molecule has 1 saturated heterocycles. The van der Waals surface area contributed by atoms with Gasteiger partial charge in [0.1, 0.15) is 23.2 Å². The van der Waals surface area contributed by atoms with Crippen molar-refractivity contribution in [1.29, 1.82) is 0 Å². The molecule has 9 heteroatoms. The largest absolute Gasteiger partial charge is 0.508 e. The van der Waals surface area contributed by atoms with Gasteiger partial charge in [0, 0.05) is 31.9 Å². The van der Waals surface area contributed by atoms with Crippen molar-refractivity contribution < 1.29 is 39.1 Å². The molecule has 5 atom stereocenters. The minimum Gasteiger partial charge on any atom is -0.508 e. The summed E-state index contributed by atoms with van der Waals surface area (Å²) in [6.45, 7) is 9.17. The average Bonchev–Trinajstić information content (AvgIpc) is 2.79. The number of carbonyl (C=O) groups is 2. The molecule has 1 heterocycles. The Morgan fingerprint density at radius 1 is 1.23 bits per heavy atom. The van der Waals surface area contributed by atoms with Gasteiger partial charge in [0.2, 0.25) is 5.91 Å². The van der Waals surface area contributed by atoms with Gasteiger partial charge >= 0.3 is 5.97 Å². The van der Waals surface area contributed by atoms with Crippen LogP contribution in [0.4, 0.5) is 0 Å². The number of aliphatic hydroxyl groups is 1. The van der Waals surface area contributed by atoms with E-state index in [1.54, 1.807) is 6.92 Å². The highest BCUT2D eigenvalue weighted by molar-refractivity contribution is 5.95. The van der Waals surface area contributed by atoms with E-state index in [0.29, 0.717) is 36.8 Å². The van der Waals surface area contributed by atoms with Gasteiger partial charge in [0.25, 0.3) is 0 Å². The monoisotopic (exact) mass is 495 g/mol. The van der Waals surface area contributed by atoms with E-state index in [1.807, 2.05) is 13.8 Å². The second-order valence-corrected chi connectivity index (χ2v) is 10.2. The first-order valence-corrected chi connectivity index (χ1v) is 12.1. The maximum atomic E-state index is 12.2. The molecule has 1 amide bonds. The van der Waals surface area contributed by atoms with Crippen molar-refractivity contribution in [1.82, 2.24) is 5.32 Å². The van der Waals surface area contributed by atoms with Crippen LogP contribution in [0.3, 0.4) is 0 Å². The van der Waals surface area contributed by atoms with Crippen molar-refractivity contribution in [3.05, 3.63) is 22.8 Å². The van der Waals surface area contributed by atoms with Gasteiger partial charge in [-0.25, -0.2) is 4.79 Å². The maximum Gasteiger partial charge on any atom is 0.341 e. The van der Waals surface area contributed by atoms with Gasteiger partial charge in [-0.15, -0.1) is 0 Å². The third-order valence-electron chi connectivity index (χ3n) is 7.29. The molecule has 198 valence electrons. The average molecular weight is 496 g/mol. The summed E-state index contributed by atoms with van der Waals surface area (Å²) in [7, 11) is 2.75. The minimum absolute atomic E-state index is 0.0675.